The summed E-state index contributed by atoms with van der Waals surface area (Å²) >= 11 is 0. The number of imidazole rings is 1. The van der Waals surface area contributed by atoms with E-state index in [1.54, 1.807) is 39.0 Å². The summed E-state index contributed by atoms with van der Waals surface area (Å²) in [5.41, 5.74) is 2.70. The molecular formula is C30H39FN8O3. The van der Waals surface area contributed by atoms with Crippen molar-refractivity contribution in [3.63, 3.8) is 0 Å². The van der Waals surface area contributed by atoms with Gasteiger partial charge in [0.1, 0.15) is 17.1 Å². The molecule has 0 atom stereocenters. The summed E-state index contributed by atoms with van der Waals surface area (Å²) in [6, 6.07) is 9.98. The lowest BCUT2D eigenvalue weighted by Crippen LogP contribution is -2.45. The highest BCUT2D eigenvalue weighted by molar-refractivity contribution is 6.01. The number of hydrogen-bond donors (Lipinski definition) is 3. The zero-order valence-electron chi connectivity index (χ0n) is 24.7. The second-order valence-electron chi connectivity index (χ2n) is 11.7. The molecule has 224 valence electrons. The SMILES string of the molecule is CN1CCN(CCn2c(-c3n[nH]c4ccc(C(=O)NCCCNC(=O)OC(C)(C)C)cc34)nc3ccc(F)cc32)CC1. The molecule has 0 saturated carbocycles. The minimum atomic E-state index is -0.562. The second-order valence-corrected chi connectivity index (χ2v) is 11.7. The number of nitrogens with zero attached hydrogens (tertiary/aromatic N) is 5. The summed E-state index contributed by atoms with van der Waals surface area (Å²) in [5, 5.41) is 14.0. The molecule has 2 aromatic heterocycles. The van der Waals surface area contributed by atoms with Gasteiger partial charge in [0.05, 0.1) is 16.6 Å². The van der Waals surface area contributed by atoms with Crippen LogP contribution < -0.4 is 10.6 Å². The lowest BCUT2D eigenvalue weighted by Gasteiger charge is -2.32. The molecular weight excluding hydrogens is 539 g/mol. The Balaban J connectivity index is 1.31. The van der Waals surface area contributed by atoms with Crippen molar-refractivity contribution in [1.82, 2.24) is 40.2 Å². The zero-order chi connectivity index (χ0) is 29.9. The first-order valence-corrected chi connectivity index (χ1v) is 14.4. The van der Waals surface area contributed by atoms with E-state index >= 15 is 0 Å². The number of amides is 2. The van der Waals surface area contributed by atoms with Crippen molar-refractivity contribution in [1.29, 1.82) is 0 Å². The highest BCUT2D eigenvalue weighted by Gasteiger charge is 2.21. The van der Waals surface area contributed by atoms with Gasteiger partial charge in [-0.05, 0) is 70.6 Å². The van der Waals surface area contributed by atoms with Crippen LogP contribution in [0, 0.1) is 5.82 Å². The fourth-order valence-corrected chi connectivity index (χ4v) is 5.04. The lowest BCUT2D eigenvalue weighted by atomic mass is 10.1. The molecule has 0 aliphatic carbocycles. The smallest absolute Gasteiger partial charge is 0.407 e. The number of aromatic nitrogens is 4. The van der Waals surface area contributed by atoms with Crippen molar-refractivity contribution in [2.24, 2.45) is 0 Å². The maximum absolute atomic E-state index is 14.3. The number of carbonyl (C=O) groups excluding carboxylic acids is 2. The topological polar surface area (TPSA) is 120 Å². The largest absolute Gasteiger partial charge is 0.444 e. The van der Waals surface area contributed by atoms with E-state index in [-0.39, 0.29) is 11.7 Å². The molecule has 42 heavy (non-hydrogen) atoms. The summed E-state index contributed by atoms with van der Waals surface area (Å²) in [6.45, 7) is 11.6. The van der Waals surface area contributed by atoms with Gasteiger partial charge in [-0.25, -0.2) is 14.2 Å². The number of ether oxygens (including phenoxy) is 1. The molecule has 1 aliphatic rings. The molecule has 11 nitrogen and oxygen atoms in total. The van der Waals surface area contributed by atoms with E-state index in [4.69, 9.17) is 9.72 Å². The van der Waals surface area contributed by atoms with Gasteiger partial charge in [-0.2, -0.15) is 5.10 Å². The van der Waals surface area contributed by atoms with Gasteiger partial charge in [-0.15, -0.1) is 0 Å². The summed E-state index contributed by atoms with van der Waals surface area (Å²) in [4.78, 5) is 34.3. The number of hydrogen-bond acceptors (Lipinski definition) is 7. The van der Waals surface area contributed by atoms with Crippen molar-refractivity contribution in [2.45, 2.75) is 39.3 Å². The van der Waals surface area contributed by atoms with Crippen LogP contribution in [0.2, 0.25) is 0 Å². The van der Waals surface area contributed by atoms with Crippen molar-refractivity contribution >= 4 is 33.9 Å². The summed E-state index contributed by atoms with van der Waals surface area (Å²) in [5.74, 6) is 0.0793. The van der Waals surface area contributed by atoms with Crippen molar-refractivity contribution < 1.29 is 18.7 Å². The van der Waals surface area contributed by atoms with Crippen molar-refractivity contribution in [2.75, 3.05) is 52.9 Å². The third-order valence-corrected chi connectivity index (χ3v) is 7.29. The van der Waals surface area contributed by atoms with Gasteiger partial charge in [-0.3, -0.25) is 14.8 Å². The van der Waals surface area contributed by atoms with Crippen LogP contribution in [0.25, 0.3) is 33.5 Å². The number of nitrogens with one attached hydrogen (secondary N) is 3. The normalized spacial score (nSPS) is 14.9. The number of piperazine rings is 1. The highest BCUT2D eigenvalue weighted by Crippen LogP contribution is 2.30. The Hall–Kier alpha value is -4.03. The Morgan fingerprint density at radius 2 is 1.79 bits per heavy atom. The van der Waals surface area contributed by atoms with Gasteiger partial charge in [0.2, 0.25) is 0 Å². The van der Waals surface area contributed by atoms with Crippen LogP contribution in [-0.4, -0.2) is 100 Å². The van der Waals surface area contributed by atoms with E-state index in [2.05, 4.69) is 37.7 Å². The molecule has 0 unspecified atom stereocenters. The lowest BCUT2D eigenvalue weighted by molar-refractivity contribution is 0.0527. The predicted molar refractivity (Wildman–Crippen MR) is 160 cm³/mol. The molecule has 4 aromatic rings. The average Bonchev–Trinajstić information content (AvgIpc) is 3.51. The third kappa shape index (κ3) is 7.05. The second kappa shape index (κ2) is 12.5. The number of likely N-dealkylation sites (N-methyl/N-ethyl adjacent to an activating group) is 1. The number of aromatic amines is 1. The molecule has 1 fully saturated rings. The van der Waals surface area contributed by atoms with Gasteiger partial charge >= 0.3 is 6.09 Å². The first-order valence-electron chi connectivity index (χ1n) is 14.4. The predicted octanol–water partition coefficient (Wildman–Crippen LogP) is 3.61. The molecule has 5 rings (SSSR count). The van der Waals surface area contributed by atoms with Crippen LogP contribution in [0.1, 0.15) is 37.6 Å². The number of fused-ring (bicyclic) bond motifs is 2. The molecule has 3 heterocycles. The summed E-state index contributed by atoms with van der Waals surface area (Å²) in [7, 11) is 2.13. The number of carbonyl (C=O) groups is 2. The zero-order valence-corrected chi connectivity index (χ0v) is 24.7. The van der Waals surface area contributed by atoms with Crippen LogP contribution in [0.5, 0.6) is 0 Å². The molecule has 1 saturated heterocycles. The van der Waals surface area contributed by atoms with Crippen LogP contribution in [-0.2, 0) is 11.3 Å². The molecule has 2 aromatic carbocycles. The number of rotatable bonds is 9. The van der Waals surface area contributed by atoms with Crippen LogP contribution in [0.3, 0.4) is 0 Å². The van der Waals surface area contributed by atoms with Gasteiger partial charge in [0.25, 0.3) is 5.91 Å². The highest BCUT2D eigenvalue weighted by atomic mass is 19.1. The van der Waals surface area contributed by atoms with Gasteiger partial charge in [0.15, 0.2) is 5.82 Å². The third-order valence-electron chi connectivity index (χ3n) is 7.29. The minimum absolute atomic E-state index is 0.230. The molecule has 2 amide bonds. The quantitative estimate of drug-likeness (QED) is 0.260. The van der Waals surface area contributed by atoms with Gasteiger partial charge < -0.3 is 24.8 Å². The van der Waals surface area contributed by atoms with Crippen molar-refractivity contribution in [3.05, 3.63) is 47.8 Å². The molecule has 12 heteroatoms. The minimum Gasteiger partial charge on any atom is -0.444 e. The Kier molecular flexibility index (Phi) is 8.74. The maximum atomic E-state index is 14.3. The van der Waals surface area contributed by atoms with Crippen molar-refractivity contribution in [3.8, 4) is 11.5 Å². The van der Waals surface area contributed by atoms with E-state index in [0.717, 1.165) is 43.6 Å². The molecule has 0 bridgehead atoms. The van der Waals surface area contributed by atoms with Crippen LogP contribution >= 0.6 is 0 Å². The van der Waals surface area contributed by atoms with E-state index in [1.165, 1.54) is 12.1 Å². The number of H-pyrrole nitrogens is 1. The fraction of sp³-hybridized carbons (Fsp3) is 0.467. The summed E-state index contributed by atoms with van der Waals surface area (Å²) in [6.07, 6.45) is 0.0713. The first-order chi connectivity index (χ1) is 20.1. The Bertz CT molecular complexity index is 1570. The fourth-order valence-electron chi connectivity index (χ4n) is 5.04. The first kappa shape index (κ1) is 29.5. The van der Waals surface area contributed by atoms with E-state index in [1.807, 2.05) is 10.6 Å². The van der Waals surface area contributed by atoms with Gasteiger partial charge in [-0.1, -0.05) is 0 Å². The Morgan fingerprint density at radius 3 is 2.55 bits per heavy atom. The van der Waals surface area contributed by atoms with E-state index in [0.29, 0.717) is 54.2 Å². The number of benzene rings is 2. The summed E-state index contributed by atoms with van der Waals surface area (Å²) < 4.78 is 21.6. The standard InChI is InChI=1S/C30H39FN8O3/c1-30(2,3)42-29(41)33-11-5-10-32-28(40)20-6-8-23-22(18-20)26(36-35-23)27-34-24-9-7-21(31)19-25(24)39(27)17-16-38-14-12-37(4)13-15-38/h6-9,18-19H,5,10-17H2,1-4H3,(H,32,40)(H,33,41)(H,35,36). The molecule has 0 radical (unpaired) electrons. The van der Waals surface area contributed by atoms with Gasteiger partial charge in [0, 0.05) is 63.3 Å². The van der Waals surface area contributed by atoms with E-state index < -0.39 is 11.7 Å². The molecule has 1 aliphatic heterocycles. The van der Waals surface area contributed by atoms with Crippen LogP contribution in [0.4, 0.5) is 9.18 Å². The monoisotopic (exact) mass is 578 g/mol. The molecule has 0 spiro atoms. The Morgan fingerprint density at radius 1 is 1.02 bits per heavy atom. The average molecular weight is 579 g/mol. The number of halogens is 1. The maximum Gasteiger partial charge on any atom is 0.407 e. The number of alkyl carbamates (subject to hydrolysis) is 1. The van der Waals surface area contributed by atoms with Crippen LogP contribution in [0.15, 0.2) is 36.4 Å². The molecule has 3 N–H and O–H groups in total. The van der Waals surface area contributed by atoms with E-state index in [9.17, 15) is 14.0 Å². The Labute approximate surface area is 244 Å².